The molecule has 1 heterocycles. The van der Waals surface area contributed by atoms with Crippen LogP contribution in [0.15, 0.2) is 59.5 Å². The van der Waals surface area contributed by atoms with Crippen molar-refractivity contribution in [1.29, 1.82) is 0 Å². The monoisotopic (exact) mass is 359 g/mol. The molecule has 0 bridgehead atoms. The third kappa shape index (κ3) is 4.07. The van der Waals surface area contributed by atoms with Crippen molar-refractivity contribution in [3.8, 4) is 0 Å². The van der Waals surface area contributed by atoms with Crippen LogP contribution in [0.1, 0.15) is 10.4 Å². The number of anilines is 1. The third-order valence-electron chi connectivity index (χ3n) is 4.25. The van der Waals surface area contributed by atoms with Gasteiger partial charge in [-0.25, -0.2) is 8.42 Å². The molecule has 0 radical (unpaired) electrons. The first-order chi connectivity index (χ1) is 12.0. The summed E-state index contributed by atoms with van der Waals surface area (Å²) in [6, 6.07) is 15.2. The van der Waals surface area contributed by atoms with Crippen LogP contribution in [0.3, 0.4) is 0 Å². The lowest BCUT2D eigenvalue weighted by Crippen LogP contribution is -2.46. The molecule has 0 spiro atoms. The largest absolute Gasteiger partial charge is 0.322 e. The summed E-state index contributed by atoms with van der Waals surface area (Å²) in [7, 11) is -1.51. The van der Waals surface area contributed by atoms with Gasteiger partial charge in [-0.2, -0.15) is 4.31 Å². The van der Waals surface area contributed by atoms with E-state index in [2.05, 4.69) is 10.2 Å². The number of nitrogens with zero attached hydrogens (tertiary/aromatic N) is 2. The van der Waals surface area contributed by atoms with Gasteiger partial charge in [-0.05, 0) is 43.4 Å². The van der Waals surface area contributed by atoms with Crippen molar-refractivity contribution in [1.82, 2.24) is 9.21 Å². The molecular weight excluding hydrogens is 338 g/mol. The molecule has 1 aliphatic heterocycles. The second-order valence-corrected chi connectivity index (χ2v) is 7.99. The molecule has 1 N–H and O–H groups in total. The van der Waals surface area contributed by atoms with Crippen molar-refractivity contribution in [3.05, 3.63) is 60.2 Å². The predicted molar refractivity (Wildman–Crippen MR) is 97.1 cm³/mol. The summed E-state index contributed by atoms with van der Waals surface area (Å²) in [5, 5.41) is 2.77. The quantitative estimate of drug-likeness (QED) is 0.905. The molecule has 0 atom stereocenters. The Morgan fingerprint density at radius 1 is 0.920 bits per heavy atom. The number of carbonyl (C=O) groups is 1. The van der Waals surface area contributed by atoms with Gasteiger partial charge < -0.3 is 10.2 Å². The smallest absolute Gasteiger partial charge is 0.255 e. The van der Waals surface area contributed by atoms with Crippen LogP contribution in [-0.4, -0.2) is 56.8 Å². The van der Waals surface area contributed by atoms with Crippen LogP contribution in [-0.2, 0) is 10.0 Å². The first kappa shape index (κ1) is 17.6. The van der Waals surface area contributed by atoms with Crippen LogP contribution in [0.2, 0.25) is 0 Å². The highest BCUT2D eigenvalue weighted by Gasteiger charge is 2.27. The van der Waals surface area contributed by atoms with Crippen LogP contribution >= 0.6 is 0 Å². The van der Waals surface area contributed by atoms with E-state index in [1.165, 1.54) is 16.4 Å². The molecule has 132 valence electrons. The zero-order chi connectivity index (χ0) is 17.9. The van der Waals surface area contributed by atoms with E-state index in [-0.39, 0.29) is 10.8 Å². The third-order valence-corrected chi connectivity index (χ3v) is 6.16. The molecule has 3 rings (SSSR count). The van der Waals surface area contributed by atoms with Crippen LogP contribution in [0.4, 0.5) is 5.69 Å². The molecule has 2 aromatic rings. The molecular formula is C18H21N3O3S. The average Bonchev–Trinajstić information content (AvgIpc) is 2.63. The molecule has 1 fully saturated rings. The van der Waals surface area contributed by atoms with Crippen LogP contribution < -0.4 is 5.32 Å². The topological polar surface area (TPSA) is 69.7 Å². The number of nitrogens with one attached hydrogen (secondary N) is 1. The van der Waals surface area contributed by atoms with E-state index in [4.69, 9.17) is 0 Å². The number of amides is 1. The minimum Gasteiger partial charge on any atom is -0.322 e. The lowest BCUT2D eigenvalue weighted by Gasteiger charge is -2.31. The lowest BCUT2D eigenvalue weighted by atomic mass is 10.2. The number of carbonyl (C=O) groups excluding carboxylic acids is 1. The fraction of sp³-hybridized carbons (Fsp3) is 0.278. The Morgan fingerprint density at radius 3 is 2.12 bits per heavy atom. The maximum atomic E-state index is 12.7. The van der Waals surface area contributed by atoms with Gasteiger partial charge >= 0.3 is 0 Å². The van der Waals surface area contributed by atoms with Crippen molar-refractivity contribution in [2.75, 3.05) is 38.5 Å². The first-order valence-corrected chi connectivity index (χ1v) is 9.56. The number of sulfonamides is 1. The Bertz CT molecular complexity index is 828. The van der Waals surface area contributed by atoms with E-state index in [0.29, 0.717) is 24.3 Å². The fourth-order valence-electron chi connectivity index (χ4n) is 2.68. The number of piperazine rings is 1. The standard InChI is InChI=1S/C18H21N3O3S/c1-20-11-13-21(14-12-20)25(23,24)17-9-7-16(8-10-17)19-18(22)15-5-3-2-4-6-15/h2-10H,11-14H2,1H3,(H,19,22). The highest BCUT2D eigenvalue weighted by Crippen LogP contribution is 2.20. The maximum absolute atomic E-state index is 12.7. The summed E-state index contributed by atoms with van der Waals surface area (Å²) >= 11 is 0. The minimum atomic E-state index is -3.49. The number of hydrogen-bond donors (Lipinski definition) is 1. The van der Waals surface area contributed by atoms with Gasteiger partial charge in [0, 0.05) is 37.4 Å². The van der Waals surface area contributed by atoms with Crippen molar-refractivity contribution in [3.63, 3.8) is 0 Å². The van der Waals surface area contributed by atoms with Gasteiger partial charge in [-0.1, -0.05) is 18.2 Å². The van der Waals surface area contributed by atoms with Crippen molar-refractivity contribution < 1.29 is 13.2 Å². The van der Waals surface area contributed by atoms with E-state index in [1.54, 1.807) is 36.4 Å². The maximum Gasteiger partial charge on any atom is 0.255 e. The van der Waals surface area contributed by atoms with Gasteiger partial charge in [-0.15, -0.1) is 0 Å². The Kier molecular flexibility index (Phi) is 5.17. The Balaban J connectivity index is 1.70. The zero-order valence-electron chi connectivity index (χ0n) is 14.1. The molecule has 25 heavy (non-hydrogen) atoms. The normalized spacial score (nSPS) is 16.5. The van der Waals surface area contributed by atoms with E-state index in [9.17, 15) is 13.2 Å². The number of hydrogen-bond acceptors (Lipinski definition) is 4. The minimum absolute atomic E-state index is 0.227. The lowest BCUT2D eigenvalue weighted by molar-refractivity contribution is 0.102. The highest BCUT2D eigenvalue weighted by atomic mass is 32.2. The van der Waals surface area contributed by atoms with Gasteiger partial charge in [-0.3, -0.25) is 4.79 Å². The van der Waals surface area contributed by atoms with E-state index in [0.717, 1.165) is 13.1 Å². The first-order valence-electron chi connectivity index (χ1n) is 8.12. The highest BCUT2D eigenvalue weighted by molar-refractivity contribution is 7.89. The molecule has 0 unspecified atom stereocenters. The van der Waals surface area contributed by atoms with Gasteiger partial charge in [0.2, 0.25) is 10.0 Å². The summed E-state index contributed by atoms with van der Waals surface area (Å²) in [6.07, 6.45) is 0. The number of likely N-dealkylation sites (N-methyl/N-ethyl adjacent to an activating group) is 1. The van der Waals surface area contributed by atoms with Crippen LogP contribution in [0.5, 0.6) is 0 Å². The number of benzene rings is 2. The van der Waals surface area contributed by atoms with Gasteiger partial charge in [0.1, 0.15) is 0 Å². The zero-order valence-corrected chi connectivity index (χ0v) is 14.9. The molecule has 1 aliphatic rings. The van der Waals surface area contributed by atoms with Gasteiger partial charge in [0.25, 0.3) is 5.91 Å². The van der Waals surface area contributed by atoms with Crippen molar-refractivity contribution >= 4 is 21.6 Å². The fourth-order valence-corrected chi connectivity index (χ4v) is 4.10. The molecule has 0 aromatic heterocycles. The summed E-state index contributed by atoms with van der Waals surface area (Å²) in [4.78, 5) is 14.5. The van der Waals surface area contributed by atoms with Crippen molar-refractivity contribution in [2.45, 2.75) is 4.90 Å². The van der Waals surface area contributed by atoms with Crippen LogP contribution in [0.25, 0.3) is 0 Å². The second-order valence-electron chi connectivity index (χ2n) is 6.05. The van der Waals surface area contributed by atoms with E-state index >= 15 is 0 Å². The Labute approximate surface area is 148 Å². The second kappa shape index (κ2) is 7.35. The molecule has 7 heteroatoms. The summed E-state index contributed by atoms with van der Waals surface area (Å²) < 4.78 is 26.8. The Hall–Kier alpha value is -2.22. The summed E-state index contributed by atoms with van der Waals surface area (Å²) in [6.45, 7) is 2.44. The van der Waals surface area contributed by atoms with Crippen LogP contribution in [0, 0.1) is 0 Å². The SMILES string of the molecule is CN1CCN(S(=O)(=O)c2ccc(NC(=O)c3ccccc3)cc2)CC1. The summed E-state index contributed by atoms with van der Waals surface area (Å²) in [5.74, 6) is -0.227. The predicted octanol–water partition coefficient (Wildman–Crippen LogP) is 1.87. The molecule has 0 aliphatic carbocycles. The Morgan fingerprint density at radius 2 is 1.52 bits per heavy atom. The average molecular weight is 359 g/mol. The van der Waals surface area contributed by atoms with E-state index in [1.807, 2.05) is 13.1 Å². The van der Waals surface area contributed by atoms with Gasteiger partial charge in [0.15, 0.2) is 0 Å². The van der Waals surface area contributed by atoms with Crippen molar-refractivity contribution in [2.24, 2.45) is 0 Å². The molecule has 6 nitrogen and oxygen atoms in total. The molecule has 1 amide bonds. The summed E-state index contributed by atoms with van der Waals surface area (Å²) in [5.41, 5.74) is 1.11. The van der Waals surface area contributed by atoms with E-state index < -0.39 is 10.0 Å². The van der Waals surface area contributed by atoms with Gasteiger partial charge in [0.05, 0.1) is 4.90 Å². The number of rotatable bonds is 4. The molecule has 2 aromatic carbocycles. The molecule has 1 saturated heterocycles. The molecule has 0 saturated carbocycles.